The van der Waals surface area contributed by atoms with Gasteiger partial charge in [-0.2, -0.15) is 0 Å². The lowest BCUT2D eigenvalue weighted by atomic mass is 9.98. The lowest BCUT2D eigenvalue weighted by molar-refractivity contribution is -0.0237. The molecule has 4 aromatic rings. The van der Waals surface area contributed by atoms with Crippen molar-refractivity contribution in [2.45, 2.75) is 37.9 Å². The van der Waals surface area contributed by atoms with Crippen molar-refractivity contribution in [1.82, 2.24) is 0 Å². The van der Waals surface area contributed by atoms with Crippen molar-refractivity contribution in [3.63, 3.8) is 0 Å². The fourth-order valence-corrected chi connectivity index (χ4v) is 4.59. The van der Waals surface area contributed by atoms with Crippen LogP contribution in [0.25, 0.3) is 0 Å². The van der Waals surface area contributed by atoms with Gasteiger partial charge in [-0.15, -0.1) is 0 Å². The predicted octanol–water partition coefficient (Wildman–Crippen LogP) is 9.28. The Balaban J connectivity index is 1.53. The maximum Gasteiger partial charge on any atom is 0.0836 e. The Morgan fingerprint density at radius 2 is 0.848 bits per heavy atom. The van der Waals surface area contributed by atoms with Gasteiger partial charge >= 0.3 is 0 Å². The van der Waals surface area contributed by atoms with E-state index < -0.39 is 0 Å². The topological polar surface area (TPSA) is 9.23 Å². The van der Waals surface area contributed by atoms with Gasteiger partial charge in [0, 0.05) is 8.95 Å². The Kier molecular flexibility index (Phi) is 8.93. The summed E-state index contributed by atoms with van der Waals surface area (Å²) in [7, 11) is 0. The van der Waals surface area contributed by atoms with Crippen molar-refractivity contribution in [1.29, 1.82) is 0 Å². The second kappa shape index (κ2) is 12.3. The van der Waals surface area contributed by atoms with E-state index in [1.54, 1.807) is 0 Å². The maximum absolute atomic E-state index is 6.90. The Labute approximate surface area is 214 Å². The summed E-state index contributed by atoms with van der Waals surface area (Å²) in [5, 5.41) is 0. The van der Waals surface area contributed by atoms with Gasteiger partial charge in [0.2, 0.25) is 0 Å². The van der Waals surface area contributed by atoms with Gasteiger partial charge in [-0.3, -0.25) is 0 Å². The molecule has 168 valence electrons. The zero-order valence-electron chi connectivity index (χ0n) is 18.5. The molecule has 0 aliphatic heterocycles. The molecule has 0 spiro atoms. The van der Waals surface area contributed by atoms with Crippen LogP contribution in [0.3, 0.4) is 0 Å². The minimum Gasteiger partial charge on any atom is -0.366 e. The molecule has 0 saturated carbocycles. The van der Waals surface area contributed by atoms with Crippen molar-refractivity contribution >= 4 is 31.9 Å². The molecular formula is C30H28Br2O. The van der Waals surface area contributed by atoms with Gasteiger partial charge in [0.15, 0.2) is 0 Å². The van der Waals surface area contributed by atoms with E-state index in [4.69, 9.17) is 4.74 Å². The molecule has 2 atom stereocenters. The fraction of sp³-hybridized carbons (Fsp3) is 0.200. The highest BCUT2D eigenvalue weighted by atomic mass is 79.9. The van der Waals surface area contributed by atoms with E-state index in [0.29, 0.717) is 0 Å². The Hall–Kier alpha value is -2.20. The van der Waals surface area contributed by atoms with Crippen molar-refractivity contribution in [3.05, 3.63) is 140 Å². The molecule has 3 heteroatoms. The second-order valence-electron chi connectivity index (χ2n) is 8.27. The smallest absolute Gasteiger partial charge is 0.0836 e. The number of halogens is 2. The van der Waals surface area contributed by atoms with E-state index in [-0.39, 0.29) is 12.2 Å². The van der Waals surface area contributed by atoms with Crippen LogP contribution in [0.2, 0.25) is 0 Å². The standard InChI is InChI=1S/C30H28Br2O/c31-27-17-11-23(12-18-27)15-21-29(25-7-3-1-4-8-25)33-30(26-9-5-2-6-10-26)22-16-24-13-19-28(32)20-14-24/h1-14,17-20,29-30H,15-16,21-22H2. The van der Waals surface area contributed by atoms with Crippen LogP contribution in [0.15, 0.2) is 118 Å². The van der Waals surface area contributed by atoms with Crippen LogP contribution in [0, 0.1) is 0 Å². The van der Waals surface area contributed by atoms with Crippen LogP contribution < -0.4 is 0 Å². The van der Waals surface area contributed by atoms with Gasteiger partial charge < -0.3 is 4.74 Å². The number of ether oxygens (including phenoxy) is 1. The molecule has 4 aromatic carbocycles. The summed E-state index contributed by atoms with van der Waals surface area (Å²) in [4.78, 5) is 0. The SMILES string of the molecule is Brc1ccc(CCC(OC(CCc2ccc(Br)cc2)c2ccccc2)c2ccccc2)cc1. The molecule has 4 rings (SSSR count). The van der Waals surface area contributed by atoms with Crippen LogP contribution in [0.5, 0.6) is 0 Å². The van der Waals surface area contributed by atoms with Gasteiger partial charge in [0.1, 0.15) is 0 Å². The summed E-state index contributed by atoms with van der Waals surface area (Å²) in [6.45, 7) is 0. The normalized spacial score (nSPS) is 12.9. The molecule has 0 aliphatic rings. The average Bonchev–Trinajstić information content (AvgIpc) is 2.87. The Morgan fingerprint density at radius 3 is 1.21 bits per heavy atom. The average molecular weight is 564 g/mol. The largest absolute Gasteiger partial charge is 0.366 e. The van der Waals surface area contributed by atoms with Crippen molar-refractivity contribution in [2.24, 2.45) is 0 Å². The molecule has 0 aliphatic carbocycles. The quantitative estimate of drug-likeness (QED) is 0.187. The molecule has 2 unspecified atom stereocenters. The van der Waals surface area contributed by atoms with Crippen molar-refractivity contribution in [2.75, 3.05) is 0 Å². The van der Waals surface area contributed by atoms with Crippen molar-refractivity contribution < 1.29 is 4.74 Å². The molecule has 0 fully saturated rings. The maximum atomic E-state index is 6.90. The van der Waals surface area contributed by atoms with Crippen molar-refractivity contribution in [3.8, 4) is 0 Å². The molecule has 0 N–H and O–H groups in total. The minimum absolute atomic E-state index is 0.0324. The molecule has 1 nitrogen and oxygen atoms in total. The van der Waals surface area contributed by atoms with Gasteiger partial charge in [-0.05, 0) is 72.2 Å². The molecule has 0 heterocycles. The summed E-state index contributed by atoms with van der Waals surface area (Å²) < 4.78 is 9.12. The van der Waals surface area contributed by atoms with Gasteiger partial charge in [0.05, 0.1) is 12.2 Å². The first-order valence-electron chi connectivity index (χ1n) is 11.4. The molecule has 0 bridgehead atoms. The van der Waals surface area contributed by atoms with Crippen LogP contribution in [-0.2, 0) is 17.6 Å². The zero-order valence-corrected chi connectivity index (χ0v) is 21.7. The van der Waals surface area contributed by atoms with E-state index in [9.17, 15) is 0 Å². The van der Waals surface area contributed by atoms with Crippen LogP contribution in [0.1, 0.15) is 47.3 Å². The third-order valence-electron chi connectivity index (χ3n) is 5.89. The van der Waals surface area contributed by atoms with Gasteiger partial charge in [0.25, 0.3) is 0 Å². The monoisotopic (exact) mass is 562 g/mol. The van der Waals surface area contributed by atoms with E-state index in [2.05, 4.69) is 141 Å². The van der Waals surface area contributed by atoms with E-state index in [1.165, 1.54) is 22.3 Å². The summed E-state index contributed by atoms with van der Waals surface area (Å²) >= 11 is 7.07. The summed E-state index contributed by atoms with van der Waals surface area (Å²) in [5.74, 6) is 0. The molecule has 0 saturated heterocycles. The van der Waals surface area contributed by atoms with Crippen LogP contribution in [0.4, 0.5) is 0 Å². The fourth-order valence-electron chi connectivity index (χ4n) is 4.06. The molecular weight excluding hydrogens is 536 g/mol. The Morgan fingerprint density at radius 1 is 0.485 bits per heavy atom. The Bertz CT molecular complexity index is 1000. The molecule has 0 amide bonds. The first-order valence-corrected chi connectivity index (χ1v) is 13.0. The summed E-state index contributed by atoms with van der Waals surface area (Å²) in [6.07, 6.45) is 3.89. The molecule has 0 aromatic heterocycles. The number of benzene rings is 4. The number of hydrogen-bond acceptors (Lipinski definition) is 1. The predicted molar refractivity (Wildman–Crippen MR) is 144 cm³/mol. The van der Waals surface area contributed by atoms with Crippen LogP contribution in [-0.4, -0.2) is 0 Å². The number of rotatable bonds is 10. The number of aryl methyl sites for hydroxylation is 2. The first kappa shape index (κ1) is 23.9. The summed E-state index contributed by atoms with van der Waals surface area (Å²) in [6, 6.07) is 38.5. The van der Waals surface area contributed by atoms with Gasteiger partial charge in [-0.25, -0.2) is 0 Å². The minimum atomic E-state index is 0.0324. The van der Waals surface area contributed by atoms with E-state index >= 15 is 0 Å². The zero-order chi connectivity index (χ0) is 22.9. The lowest BCUT2D eigenvalue weighted by Crippen LogP contribution is -2.13. The van der Waals surface area contributed by atoms with Gasteiger partial charge in [-0.1, -0.05) is 117 Å². The highest BCUT2D eigenvalue weighted by Gasteiger charge is 2.20. The summed E-state index contributed by atoms with van der Waals surface area (Å²) in [5.41, 5.74) is 5.13. The van der Waals surface area contributed by atoms with E-state index in [0.717, 1.165) is 34.6 Å². The van der Waals surface area contributed by atoms with E-state index in [1.807, 2.05) is 0 Å². The molecule has 0 radical (unpaired) electrons. The highest BCUT2D eigenvalue weighted by Crippen LogP contribution is 2.33. The highest BCUT2D eigenvalue weighted by molar-refractivity contribution is 9.10. The third-order valence-corrected chi connectivity index (χ3v) is 6.95. The first-order chi connectivity index (χ1) is 16.2. The molecule has 33 heavy (non-hydrogen) atoms. The number of hydrogen-bond donors (Lipinski definition) is 0. The third kappa shape index (κ3) is 7.40. The van der Waals surface area contributed by atoms with Crippen LogP contribution >= 0.6 is 31.9 Å². The second-order valence-corrected chi connectivity index (χ2v) is 10.1. The lowest BCUT2D eigenvalue weighted by Gasteiger charge is -2.26.